The van der Waals surface area contributed by atoms with E-state index in [2.05, 4.69) is 10.3 Å². The molecule has 1 unspecified atom stereocenters. The summed E-state index contributed by atoms with van der Waals surface area (Å²) in [5, 5.41) is 3.33. The standard InChI is InChI=1S/C28H27ClN4O4/c29-24-15-21(19-2-4-20(5-3-19)28(35)33-9-11-36-12-10-33)13-22-14-23(37-27(22)24)6-8-26(34)32-17-18-1-7-25(30)31-16-18/h1-8,13,15-16,23H,9-12,14,17H2,(H2,30,31)(H,32,34)/b8-6+. The van der Waals surface area contributed by atoms with Gasteiger partial charge in [-0.3, -0.25) is 9.59 Å². The van der Waals surface area contributed by atoms with E-state index in [1.165, 1.54) is 6.08 Å². The van der Waals surface area contributed by atoms with Crippen LogP contribution in [0.25, 0.3) is 11.1 Å². The predicted octanol–water partition coefficient (Wildman–Crippen LogP) is 3.63. The Bertz CT molecular complexity index is 1320. The third-order valence-corrected chi connectivity index (χ3v) is 6.63. The van der Waals surface area contributed by atoms with Crippen LogP contribution in [0, 0.1) is 0 Å². The highest BCUT2D eigenvalue weighted by molar-refractivity contribution is 6.32. The molecule has 3 heterocycles. The molecule has 9 heteroatoms. The summed E-state index contributed by atoms with van der Waals surface area (Å²) < 4.78 is 11.3. The number of ether oxygens (including phenoxy) is 2. The van der Waals surface area contributed by atoms with Crippen molar-refractivity contribution in [1.29, 1.82) is 0 Å². The van der Waals surface area contributed by atoms with Gasteiger partial charge in [0.1, 0.15) is 17.7 Å². The quantitative estimate of drug-likeness (QED) is 0.483. The van der Waals surface area contributed by atoms with E-state index in [0.29, 0.717) is 61.4 Å². The second-order valence-corrected chi connectivity index (χ2v) is 9.36. The lowest BCUT2D eigenvalue weighted by Crippen LogP contribution is -2.40. The van der Waals surface area contributed by atoms with E-state index in [1.807, 2.05) is 47.4 Å². The van der Waals surface area contributed by atoms with Crippen molar-refractivity contribution < 1.29 is 19.1 Å². The molecule has 2 amide bonds. The van der Waals surface area contributed by atoms with Crippen molar-refractivity contribution >= 4 is 29.2 Å². The van der Waals surface area contributed by atoms with Gasteiger partial charge < -0.3 is 25.4 Å². The Kier molecular flexibility index (Phi) is 7.39. The molecule has 1 atom stereocenters. The topological polar surface area (TPSA) is 107 Å². The number of fused-ring (bicyclic) bond motifs is 1. The SMILES string of the molecule is Nc1ccc(CNC(=O)/C=C/C2Cc3cc(-c4ccc(C(=O)N5CCOCC5)cc4)cc(Cl)c3O2)cn1. The summed E-state index contributed by atoms with van der Waals surface area (Å²) in [5.41, 5.74) is 9.96. The number of amides is 2. The van der Waals surface area contributed by atoms with Crippen molar-refractivity contribution in [3.05, 3.63) is 88.6 Å². The van der Waals surface area contributed by atoms with Crippen molar-refractivity contribution in [3.8, 4) is 16.9 Å². The number of nitrogens with one attached hydrogen (secondary N) is 1. The molecule has 2 aliphatic heterocycles. The Morgan fingerprint density at radius 1 is 1.11 bits per heavy atom. The van der Waals surface area contributed by atoms with Crippen LogP contribution in [0.4, 0.5) is 5.82 Å². The minimum Gasteiger partial charge on any atom is -0.484 e. The maximum absolute atomic E-state index is 12.7. The zero-order valence-corrected chi connectivity index (χ0v) is 20.9. The van der Waals surface area contributed by atoms with Gasteiger partial charge in [-0.25, -0.2) is 4.98 Å². The van der Waals surface area contributed by atoms with Gasteiger partial charge in [0.05, 0.1) is 18.2 Å². The predicted molar refractivity (Wildman–Crippen MR) is 141 cm³/mol. The molecule has 37 heavy (non-hydrogen) atoms. The zero-order valence-electron chi connectivity index (χ0n) is 20.2. The average molecular weight is 519 g/mol. The van der Waals surface area contributed by atoms with Gasteiger partial charge in [0.25, 0.3) is 5.91 Å². The number of hydrogen-bond donors (Lipinski definition) is 2. The number of rotatable bonds is 6. The first-order valence-corrected chi connectivity index (χ1v) is 12.5. The molecule has 1 fully saturated rings. The van der Waals surface area contributed by atoms with E-state index < -0.39 is 0 Å². The maximum atomic E-state index is 12.7. The first-order chi connectivity index (χ1) is 18.0. The fraction of sp³-hybridized carbons (Fsp3) is 0.250. The lowest BCUT2D eigenvalue weighted by Gasteiger charge is -2.26. The lowest BCUT2D eigenvalue weighted by molar-refractivity contribution is -0.116. The van der Waals surface area contributed by atoms with Gasteiger partial charge in [-0.05, 0) is 53.1 Å². The van der Waals surface area contributed by atoms with Crippen LogP contribution in [-0.4, -0.2) is 54.1 Å². The van der Waals surface area contributed by atoms with Crippen LogP contribution in [-0.2, 0) is 22.5 Å². The Morgan fingerprint density at radius 3 is 2.62 bits per heavy atom. The molecule has 0 spiro atoms. The van der Waals surface area contributed by atoms with Gasteiger partial charge >= 0.3 is 0 Å². The fourth-order valence-electron chi connectivity index (χ4n) is 4.36. The highest BCUT2D eigenvalue weighted by Crippen LogP contribution is 2.40. The van der Waals surface area contributed by atoms with Crippen LogP contribution in [0.2, 0.25) is 5.02 Å². The van der Waals surface area contributed by atoms with Gasteiger partial charge in [0, 0.05) is 49.5 Å². The molecule has 0 radical (unpaired) electrons. The van der Waals surface area contributed by atoms with Gasteiger partial charge in [0.2, 0.25) is 5.91 Å². The summed E-state index contributed by atoms with van der Waals surface area (Å²) in [5.74, 6) is 0.854. The number of pyridine rings is 1. The number of nitrogens with two attached hydrogens (primary N) is 1. The van der Waals surface area contributed by atoms with E-state index in [0.717, 1.165) is 22.3 Å². The van der Waals surface area contributed by atoms with Crippen molar-refractivity contribution in [2.75, 3.05) is 32.0 Å². The van der Waals surface area contributed by atoms with Crippen LogP contribution in [0.5, 0.6) is 5.75 Å². The number of nitrogens with zero attached hydrogens (tertiary/aromatic N) is 2. The van der Waals surface area contributed by atoms with E-state index in [1.54, 1.807) is 18.3 Å². The smallest absolute Gasteiger partial charge is 0.254 e. The van der Waals surface area contributed by atoms with Gasteiger partial charge in [0.15, 0.2) is 0 Å². The monoisotopic (exact) mass is 518 g/mol. The van der Waals surface area contributed by atoms with Crippen LogP contribution in [0.15, 0.2) is 66.9 Å². The Labute approximate surface area is 220 Å². The molecule has 2 aromatic carbocycles. The summed E-state index contributed by atoms with van der Waals surface area (Å²) in [7, 11) is 0. The minimum absolute atomic E-state index is 0.0130. The molecule has 3 aromatic rings. The first-order valence-electron chi connectivity index (χ1n) is 12.1. The number of hydrogen-bond acceptors (Lipinski definition) is 6. The van der Waals surface area contributed by atoms with Gasteiger partial charge in [-0.2, -0.15) is 0 Å². The molecule has 0 bridgehead atoms. The molecule has 0 aliphatic carbocycles. The maximum Gasteiger partial charge on any atom is 0.254 e. The first kappa shape index (κ1) is 24.8. The number of nitrogen functional groups attached to an aromatic ring is 1. The number of halogens is 1. The molecule has 0 saturated carbocycles. The summed E-state index contributed by atoms with van der Waals surface area (Å²) in [6.45, 7) is 2.72. The molecule has 3 N–H and O–H groups in total. The van der Waals surface area contributed by atoms with Crippen LogP contribution in [0.3, 0.4) is 0 Å². The second-order valence-electron chi connectivity index (χ2n) is 8.96. The number of aromatic nitrogens is 1. The van der Waals surface area contributed by atoms with Gasteiger partial charge in [-0.15, -0.1) is 0 Å². The van der Waals surface area contributed by atoms with Crippen molar-refractivity contribution in [2.45, 2.75) is 19.1 Å². The summed E-state index contributed by atoms with van der Waals surface area (Å²) >= 11 is 6.55. The lowest BCUT2D eigenvalue weighted by atomic mass is 9.99. The minimum atomic E-state index is -0.291. The Balaban J connectivity index is 1.21. The number of anilines is 1. The molecular weight excluding hydrogens is 492 g/mol. The van der Waals surface area contributed by atoms with Crippen molar-refractivity contribution in [1.82, 2.24) is 15.2 Å². The molecule has 8 nitrogen and oxygen atoms in total. The highest BCUT2D eigenvalue weighted by Gasteiger charge is 2.25. The van der Waals surface area contributed by atoms with Crippen LogP contribution < -0.4 is 15.8 Å². The second kappa shape index (κ2) is 11.0. The van der Waals surface area contributed by atoms with Crippen LogP contribution >= 0.6 is 11.6 Å². The largest absolute Gasteiger partial charge is 0.484 e. The zero-order chi connectivity index (χ0) is 25.8. The number of carbonyl (C=O) groups is 2. The third-order valence-electron chi connectivity index (χ3n) is 6.35. The van der Waals surface area contributed by atoms with Crippen LogP contribution in [0.1, 0.15) is 21.5 Å². The van der Waals surface area contributed by atoms with E-state index in [9.17, 15) is 9.59 Å². The van der Waals surface area contributed by atoms with E-state index >= 15 is 0 Å². The van der Waals surface area contributed by atoms with E-state index in [-0.39, 0.29) is 17.9 Å². The van der Waals surface area contributed by atoms with Crippen molar-refractivity contribution in [2.24, 2.45) is 0 Å². The summed E-state index contributed by atoms with van der Waals surface area (Å²) in [6.07, 6.45) is 5.15. The normalized spacial score (nSPS) is 16.9. The summed E-state index contributed by atoms with van der Waals surface area (Å²) in [6, 6.07) is 15.0. The number of carbonyl (C=O) groups excluding carboxylic acids is 2. The Morgan fingerprint density at radius 2 is 1.89 bits per heavy atom. The third kappa shape index (κ3) is 5.93. The fourth-order valence-corrected chi connectivity index (χ4v) is 4.64. The Hall–Kier alpha value is -3.88. The number of benzene rings is 2. The molecule has 190 valence electrons. The molecular formula is C28H27ClN4O4. The van der Waals surface area contributed by atoms with Crippen molar-refractivity contribution in [3.63, 3.8) is 0 Å². The molecule has 5 rings (SSSR count). The molecule has 1 aromatic heterocycles. The molecule has 2 aliphatic rings. The van der Waals surface area contributed by atoms with Gasteiger partial charge in [-0.1, -0.05) is 29.8 Å². The summed E-state index contributed by atoms with van der Waals surface area (Å²) in [4.78, 5) is 30.8. The highest BCUT2D eigenvalue weighted by atomic mass is 35.5. The number of morpholine rings is 1. The average Bonchev–Trinajstić information content (AvgIpc) is 3.35. The van der Waals surface area contributed by atoms with E-state index in [4.69, 9.17) is 26.8 Å². The molecule has 1 saturated heterocycles.